The summed E-state index contributed by atoms with van der Waals surface area (Å²) in [4.78, 5) is 28.9. The van der Waals surface area contributed by atoms with Crippen molar-refractivity contribution in [2.24, 2.45) is 22.1 Å². The van der Waals surface area contributed by atoms with Gasteiger partial charge in [-0.3, -0.25) is 30.0 Å². The van der Waals surface area contributed by atoms with Crippen molar-refractivity contribution in [3.05, 3.63) is 133 Å². The Hall–Kier alpha value is -5.65. The van der Waals surface area contributed by atoms with Gasteiger partial charge in [0.2, 0.25) is 0 Å². The van der Waals surface area contributed by atoms with Gasteiger partial charge < -0.3 is 24.7 Å². The Kier molecular flexibility index (Phi) is 28.2. The number of hydrazine groups is 1. The van der Waals surface area contributed by atoms with E-state index >= 15 is 0 Å². The van der Waals surface area contributed by atoms with Crippen LogP contribution in [-0.4, -0.2) is 126 Å². The van der Waals surface area contributed by atoms with Gasteiger partial charge in [0.25, 0.3) is 0 Å². The number of nitrogens with one attached hydrogen (secondary N) is 1. The second-order valence-corrected chi connectivity index (χ2v) is 22.7. The third-order valence-electron chi connectivity index (χ3n) is 14.7. The number of carbonyl (C=O) groups excluding carboxylic acids is 1. The summed E-state index contributed by atoms with van der Waals surface area (Å²) in [6.07, 6.45) is 17.3. The SMILES string of the molecule is C=C(C#CC(C)(C)N1CCC1)N(C)CCC1CCN(CC(=O)Cc2ccccc2)C1.C=CCCC(C)=N/C(=C\C)c1ccc2c(c1)c(CC(C)(C)COC=C)c(-c1cccnc1C(N)OC)n2CC.CCC.CN1CCCCN1. The highest BCUT2D eigenvalue weighted by Gasteiger charge is 2.31. The van der Waals surface area contributed by atoms with E-state index in [1.54, 1.807) is 13.3 Å². The number of aryl methyl sites for hydroxylation is 1. The van der Waals surface area contributed by atoms with Gasteiger partial charge in [-0.25, -0.2) is 5.01 Å². The summed E-state index contributed by atoms with van der Waals surface area (Å²) in [6, 6.07) is 20.7. The molecule has 0 saturated carbocycles. The highest BCUT2D eigenvalue weighted by Crippen LogP contribution is 2.41. The topological polar surface area (TPSA) is 117 Å². The number of likely N-dealkylation sites (tertiary alicyclic amines) is 2. The molecule has 12 heteroatoms. The molecule has 432 valence electrons. The second kappa shape index (κ2) is 33.8. The first-order chi connectivity index (χ1) is 37.8. The summed E-state index contributed by atoms with van der Waals surface area (Å²) in [7, 11) is 5.78. The van der Waals surface area contributed by atoms with Crippen molar-refractivity contribution in [3.63, 3.8) is 0 Å². The largest absolute Gasteiger partial charge is 0.501 e. The number of ether oxygens (including phenoxy) is 2. The molecule has 3 N–H and O–H groups in total. The number of fused-ring (bicyclic) bond motifs is 1. The molecule has 0 radical (unpaired) electrons. The van der Waals surface area contributed by atoms with Crippen LogP contribution in [0.1, 0.15) is 142 Å². The molecule has 0 spiro atoms. The number of Topliss-reactive ketones (excluding diaryl/α,β-unsaturated/α-hetero) is 1. The van der Waals surface area contributed by atoms with E-state index < -0.39 is 6.23 Å². The number of pyridine rings is 1. The molecule has 12 nitrogen and oxygen atoms in total. The second-order valence-electron chi connectivity index (χ2n) is 22.7. The summed E-state index contributed by atoms with van der Waals surface area (Å²) in [6.45, 7) is 40.7. The number of benzene rings is 2. The Morgan fingerprint density at radius 1 is 1.03 bits per heavy atom. The predicted octanol–water partition coefficient (Wildman–Crippen LogP) is 12.9. The van der Waals surface area contributed by atoms with Crippen molar-refractivity contribution in [3.8, 4) is 23.1 Å². The van der Waals surface area contributed by atoms with Crippen LogP contribution in [0.25, 0.3) is 27.9 Å². The molecule has 79 heavy (non-hydrogen) atoms. The van der Waals surface area contributed by atoms with Crippen LogP contribution in [0.4, 0.5) is 0 Å². The molecule has 3 aliphatic rings. The van der Waals surface area contributed by atoms with Crippen LogP contribution >= 0.6 is 0 Å². The molecule has 5 heterocycles. The molecule has 2 atom stereocenters. The van der Waals surface area contributed by atoms with Gasteiger partial charge in [0.15, 0.2) is 5.78 Å². The summed E-state index contributed by atoms with van der Waals surface area (Å²) in [5, 5.41) is 3.33. The zero-order chi connectivity index (χ0) is 58.0. The number of allylic oxidation sites excluding steroid dienone is 3. The summed E-state index contributed by atoms with van der Waals surface area (Å²) >= 11 is 0. The van der Waals surface area contributed by atoms with Gasteiger partial charge in [-0.05, 0) is 140 Å². The van der Waals surface area contributed by atoms with Crippen LogP contribution in [0.3, 0.4) is 0 Å². The van der Waals surface area contributed by atoms with E-state index in [9.17, 15) is 4.79 Å². The first-order valence-corrected chi connectivity index (χ1v) is 29.2. The number of aliphatic imine (C=N–C) groups is 1. The molecule has 2 aromatic heterocycles. The van der Waals surface area contributed by atoms with E-state index in [0.29, 0.717) is 31.3 Å². The molecule has 4 aromatic rings. The van der Waals surface area contributed by atoms with Crippen molar-refractivity contribution in [1.29, 1.82) is 0 Å². The standard InChI is InChI=1S/C33H44N4O2.C26H37N3O.C5H12N2.C3H8/c1-9-13-15-23(5)36-28(10-2)24-17-18-29-26(20-24)27(21-33(6,7)22-39-12-4)31(37(29)11-3)25-16-14-19-35-30(25)32(34)38-8;1-22(11-14-26(2,3)29-15-8-16-29)27(4)17-12-24-13-18-28(20-24)21-25(30)19-23-9-6-5-7-10-23;1-7-5-3-2-4-6-7;1-3-2/h9-10,12,14,16-20,32H,1,4,11,13,15,21-22,34H2,2-3,5-8H3;5-7,9-10,24H,1,8,12-13,15-21H2,2-4H3;6H,2-5H2,1H3;3H2,1-2H3/b28-10-,36-23?;;;. The van der Waals surface area contributed by atoms with Crippen molar-refractivity contribution in [1.82, 2.24) is 34.7 Å². The summed E-state index contributed by atoms with van der Waals surface area (Å²) < 4.78 is 13.5. The van der Waals surface area contributed by atoms with Crippen molar-refractivity contribution >= 4 is 28.1 Å². The van der Waals surface area contributed by atoms with Crippen molar-refractivity contribution in [2.45, 2.75) is 145 Å². The molecule has 3 aliphatic heterocycles. The van der Waals surface area contributed by atoms with Gasteiger partial charge in [-0.1, -0.05) is 102 Å². The minimum absolute atomic E-state index is 0.0692. The molecular formula is C67H101N9O3. The highest BCUT2D eigenvalue weighted by molar-refractivity contribution is 5.96. The first kappa shape index (κ1) is 65.9. The zero-order valence-electron chi connectivity index (χ0n) is 50.9. The average Bonchev–Trinajstić information content (AvgIpc) is 4.11. The van der Waals surface area contributed by atoms with E-state index in [4.69, 9.17) is 20.2 Å². The third kappa shape index (κ3) is 21.1. The molecule has 7 rings (SSSR count). The monoisotopic (exact) mass is 1080 g/mol. The molecule has 3 fully saturated rings. The fraction of sp³-hybridized carbons (Fsp3) is 0.537. The van der Waals surface area contributed by atoms with E-state index in [-0.39, 0.29) is 11.0 Å². The quantitative estimate of drug-likeness (QED) is 0.0244. The minimum atomic E-state index is -0.632. The number of aromatic nitrogens is 2. The van der Waals surface area contributed by atoms with Crippen molar-refractivity contribution in [2.75, 3.05) is 80.2 Å². The number of nitrogens with zero attached hydrogens (tertiary/aromatic N) is 7. The number of hydrogen-bond donors (Lipinski definition) is 2. The number of nitrogens with two attached hydrogens (primary N) is 1. The van der Waals surface area contributed by atoms with Gasteiger partial charge in [-0.2, -0.15) is 0 Å². The first-order valence-electron chi connectivity index (χ1n) is 29.2. The minimum Gasteiger partial charge on any atom is -0.501 e. The lowest BCUT2D eigenvalue weighted by Crippen LogP contribution is -2.50. The number of rotatable bonds is 23. The Labute approximate surface area is 478 Å². The number of carbonyl (C=O) groups is 1. The number of ketones is 1. The number of methoxy groups -OCH3 is 1. The van der Waals surface area contributed by atoms with Crippen LogP contribution in [0.5, 0.6) is 0 Å². The Bertz CT molecular complexity index is 2650. The van der Waals surface area contributed by atoms with Gasteiger partial charge in [0.05, 0.1) is 47.7 Å². The lowest BCUT2D eigenvalue weighted by atomic mass is 9.84. The zero-order valence-corrected chi connectivity index (χ0v) is 50.9. The maximum Gasteiger partial charge on any atom is 0.151 e. The van der Waals surface area contributed by atoms with Gasteiger partial charge in [0, 0.05) is 113 Å². The van der Waals surface area contributed by atoms with E-state index in [1.807, 2.05) is 49.4 Å². The number of hydrogen-bond acceptors (Lipinski definition) is 11. The predicted molar refractivity (Wildman–Crippen MR) is 335 cm³/mol. The Morgan fingerprint density at radius 3 is 2.35 bits per heavy atom. The Morgan fingerprint density at radius 2 is 1.76 bits per heavy atom. The normalized spacial score (nSPS) is 16.6. The fourth-order valence-corrected chi connectivity index (χ4v) is 10.1. The lowest BCUT2D eigenvalue weighted by Gasteiger charge is -2.41. The van der Waals surface area contributed by atoms with E-state index in [0.717, 1.165) is 122 Å². The smallest absolute Gasteiger partial charge is 0.151 e. The fourth-order valence-electron chi connectivity index (χ4n) is 10.1. The molecule has 3 saturated heterocycles. The van der Waals surface area contributed by atoms with Crippen LogP contribution in [0.2, 0.25) is 0 Å². The van der Waals surface area contributed by atoms with Crippen LogP contribution < -0.4 is 11.2 Å². The van der Waals surface area contributed by atoms with Gasteiger partial charge >= 0.3 is 0 Å². The molecule has 2 aromatic carbocycles. The summed E-state index contributed by atoms with van der Waals surface area (Å²) in [5.74, 6) is 7.66. The third-order valence-corrected chi connectivity index (χ3v) is 14.7. The van der Waals surface area contributed by atoms with Crippen molar-refractivity contribution < 1.29 is 14.3 Å². The molecule has 0 aliphatic carbocycles. The maximum absolute atomic E-state index is 12.4. The lowest BCUT2D eigenvalue weighted by molar-refractivity contribution is -0.119. The van der Waals surface area contributed by atoms with Gasteiger partial charge in [-0.15, -0.1) is 6.58 Å². The average molecular weight is 1080 g/mol. The van der Waals surface area contributed by atoms with Crippen LogP contribution in [0.15, 0.2) is 116 Å². The van der Waals surface area contributed by atoms with Crippen LogP contribution in [0, 0.1) is 23.2 Å². The van der Waals surface area contributed by atoms with E-state index in [1.165, 1.54) is 55.9 Å². The van der Waals surface area contributed by atoms with E-state index in [2.05, 4.69) is 166 Å². The molecule has 2 unspecified atom stereocenters. The van der Waals surface area contributed by atoms with Gasteiger partial charge in [0.1, 0.15) is 6.23 Å². The molecule has 0 bridgehead atoms. The van der Waals surface area contributed by atoms with Crippen LogP contribution in [-0.2, 0) is 33.7 Å². The maximum atomic E-state index is 12.4. The molecule has 0 amide bonds. The Balaban J connectivity index is 0.000000295. The summed E-state index contributed by atoms with van der Waals surface area (Å²) in [5.41, 5.74) is 19.7. The molecular weight excluding hydrogens is 979 g/mol. The highest BCUT2D eigenvalue weighted by atomic mass is 16.5.